The second-order valence-electron chi connectivity index (χ2n) is 5.60. The maximum atomic E-state index is 12.2. The lowest BCUT2D eigenvalue weighted by molar-refractivity contribution is -0.116. The van der Waals surface area contributed by atoms with Crippen LogP contribution in [0.25, 0.3) is 0 Å². The predicted octanol–water partition coefficient (Wildman–Crippen LogP) is 3.88. The average Bonchev–Trinajstić information content (AvgIpc) is 3.05. The van der Waals surface area contributed by atoms with Gasteiger partial charge in [0.2, 0.25) is 11.0 Å². The highest BCUT2D eigenvalue weighted by atomic mass is 32.1. The number of ether oxygens (including phenoxy) is 1. The lowest BCUT2D eigenvalue weighted by atomic mass is 10.1. The molecule has 0 unspecified atom stereocenters. The third-order valence-electron chi connectivity index (χ3n) is 3.41. The van der Waals surface area contributed by atoms with Crippen LogP contribution in [0.15, 0.2) is 24.3 Å². The highest BCUT2D eigenvalue weighted by molar-refractivity contribution is 7.15. The molecule has 1 aromatic carbocycles. The summed E-state index contributed by atoms with van der Waals surface area (Å²) in [6, 6.07) is 7.01. The van der Waals surface area contributed by atoms with Crippen molar-refractivity contribution in [1.82, 2.24) is 10.2 Å². The van der Waals surface area contributed by atoms with Crippen molar-refractivity contribution in [2.75, 3.05) is 11.9 Å². The number of anilines is 1. The molecule has 1 amide bonds. The Labute approximate surface area is 151 Å². The molecule has 6 nitrogen and oxygen atoms in total. The molecule has 0 atom stereocenters. The van der Waals surface area contributed by atoms with E-state index in [4.69, 9.17) is 4.74 Å². The van der Waals surface area contributed by atoms with E-state index in [0.29, 0.717) is 17.3 Å². The first-order chi connectivity index (χ1) is 12.1. The van der Waals surface area contributed by atoms with Crippen molar-refractivity contribution in [3.05, 3.63) is 34.8 Å². The number of carbonyl (C=O) groups excluding carboxylic acids is 2. The molecule has 7 heteroatoms. The Morgan fingerprint density at radius 3 is 2.52 bits per heavy atom. The van der Waals surface area contributed by atoms with Crippen molar-refractivity contribution in [3.63, 3.8) is 0 Å². The summed E-state index contributed by atoms with van der Waals surface area (Å²) < 4.78 is 5.49. The van der Waals surface area contributed by atoms with Crippen LogP contribution in [0.3, 0.4) is 0 Å². The van der Waals surface area contributed by atoms with Crippen LogP contribution in [0.1, 0.15) is 54.9 Å². The van der Waals surface area contributed by atoms with Crippen LogP contribution in [0, 0.1) is 0 Å². The van der Waals surface area contributed by atoms with Gasteiger partial charge in [0.05, 0.1) is 6.61 Å². The third-order valence-corrected chi connectivity index (χ3v) is 4.30. The first-order valence-corrected chi connectivity index (χ1v) is 9.32. The maximum absolute atomic E-state index is 12.2. The number of Topliss-reactive ketones (excluding diaryl/α,β-unsaturated/α-hetero) is 1. The summed E-state index contributed by atoms with van der Waals surface area (Å²) in [7, 11) is 0. The molecule has 1 aromatic heterocycles. The topological polar surface area (TPSA) is 81.2 Å². The number of nitrogens with one attached hydrogen (secondary N) is 1. The Kier molecular flexibility index (Phi) is 7.53. The summed E-state index contributed by atoms with van der Waals surface area (Å²) in [5.74, 6) is 0.451. The highest BCUT2D eigenvalue weighted by Gasteiger charge is 2.12. The summed E-state index contributed by atoms with van der Waals surface area (Å²) in [5, 5.41) is 12.0. The minimum Gasteiger partial charge on any atom is -0.494 e. The van der Waals surface area contributed by atoms with Gasteiger partial charge in [-0.1, -0.05) is 25.2 Å². The zero-order valence-corrected chi connectivity index (χ0v) is 15.4. The lowest BCUT2D eigenvalue weighted by Crippen LogP contribution is -2.13. The molecule has 0 aliphatic carbocycles. The van der Waals surface area contributed by atoms with E-state index in [1.807, 2.05) is 6.92 Å². The lowest BCUT2D eigenvalue weighted by Gasteiger charge is -2.05. The number of carbonyl (C=O) groups is 2. The Morgan fingerprint density at radius 1 is 1.08 bits per heavy atom. The van der Waals surface area contributed by atoms with E-state index in [1.165, 1.54) is 11.3 Å². The fourth-order valence-electron chi connectivity index (χ4n) is 2.13. The van der Waals surface area contributed by atoms with Gasteiger partial charge in [0.15, 0.2) is 5.78 Å². The van der Waals surface area contributed by atoms with Crippen LogP contribution in [0.5, 0.6) is 5.75 Å². The molecule has 0 bridgehead atoms. The molecule has 25 heavy (non-hydrogen) atoms. The number of hydrogen-bond donors (Lipinski definition) is 1. The molecule has 0 saturated carbocycles. The fourth-order valence-corrected chi connectivity index (χ4v) is 2.99. The van der Waals surface area contributed by atoms with Gasteiger partial charge in [0.25, 0.3) is 0 Å². The monoisotopic (exact) mass is 361 g/mol. The van der Waals surface area contributed by atoms with Crippen LogP contribution in [0.4, 0.5) is 5.13 Å². The van der Waals surface area contributed by atoms with E-state index in [0.717, 1.165) is 30.0 Å². The molecule has 0 aliphatic heterocycles. The maximum Gasteiger partial charge on any atom is 0.226 e. The summed E-state index contributed by atoms with van der Waals surface area (Å²) >= 11 is 1.37. The predicted molar refractivity (Wildman–Crippen MR) is 98.3 cm³/mol. The molecule has 2 aromatic rings. The van der Waals surface area contributed by atoms with E-state index in [2.05, 4.69) is 22.4 Å². The van der Waals surface area contributed by atoms with E-state index in [9.17, 15) is 9.59 Å². The summed E-state index contributed by atoms with van der Waals surface area (Å²) in [5.41, 5.74) is 0.581. The molecule has 0 aliphatic rings. The van der Waals surface area contributed by atoms with Gasteiger partial charge in [0, 0.05) is 24.8 Å². The van der Waals surface area contributed by atoms with Gasteiger partial charge in [-0.05, 0) is 37.1 Å². The largest absolute Gasteiger partial charge is 0.494 e. The summed E-state index contributed by atoms with van der Waals surface area (Å²) in [6.07, 6.45) is 3.05. The molecule has 0 saturated heterocycles. The molecule has 1 heterocycles. The molecular formula is C18H23N3O3S. The van der Waals surface area contributed by atoms with Crippen molar-refractivity contribution in [2.45, 2.75) is 46.0 Å². The third kappa shape index (κ3) is 6.26. The fraction of sp³-hybridized carbons (Fsp3) is 0.444. The Balaban J connectivity index is 1.79. The number of aromatic nitrogens is 2. The Morgan fingerprint density at radius 2 is 1.84 bits per heavy atom. The van der Waals surface area contributed by atoms with Crippen LogP contribution in [-0.2, 0) is 11.2 Å². The van der Waals surface area contributed by atoms with Crippen LogP contribution in [0.2, 0.25) is 0 Å². The molecule has 134 valence electrons. The van der Waals surface area contributed by atoms with E-state index >= 15 is 0 Å². The standard InChI is InChI=1S/C18H23N3O3S/c1-3-5-17-20-21-18(25-17)19-16(23)11-10-15(22)13-6-8-14(9-7-13)24-12-4-2/h6-9H,3-5,10-12H2,1-2H3,(H,19,21,23). The second-order valence-corrected chi connectivity index (χ2v) is 6.66. The van der Waals surface area contributed by atoms with E-state index < -0.39 is 0 Å². The quantitative estimate of drug-likeness (QED) is 0.650. The Bertz CT molecular complexity index is 698. The molecular weight excluding hydrogens is 338 g/mol. The van der Waals surface area contributed by atoms with Gasteiger partial charge in [-0.15, -0.1) is 10.2 Å². The van der Waals surface area contributed by atoms with Gasteiger partial charge in [-0.25, -0.2) is 0 Å². The van der Waals surface area contributed by atoms with Crippen molar-refractivity contribution in [1.29, 1.82) is 0 Å². The van der Waals surface area contributed by atoms with E-state index in [1.54, 1.807) is 24.3 Å². The minimum absolute atomic E-state index is 0.0684. The molecule has 0 radical (unpaired) electrons. The van der Waals surface area contributed by atoms with Crippen LogP contribution >= 0.6 is 11.3 Å². The molecule has 2 rings (SSSR count). The van der Waals surface area contributed by atoms with Gasteiger partial charge in [0.1, 0.15) is 10.8 Å². The smallest absolute Gasteiger partial charge is 0.226 e. The zero-order chi connectivity index (χ0) is 18.1. The number of hydrogen-bond acceptors (Lipinski definition) is 6. The van der Waals surface area contributed by atoms with Gasteiger partial charge in [-0.3, -0.25) is 9.59 Å². The van der Waals surface area contributed by atoms with Crippen LogP contribution < -0.4 is 10.1 Å². The average molecular weight is 361 g/mol. The van der Waals surface area contributed by atoms with Crippen molar-refractivity contribution >= 4 is 28.2 Å². The van der Waals surface area contributed by atoms with Crippen LogP contribution in [-0.4, -0.2) is 28.5 Å². The van der Waals surface area contributed by atoms with Crippen molar-refractivity contribution < 1.29 is 14.3 Å². The molecule has 0 spiro atoms. The van der Waals surface area contributed by atoms with Crippen molar-refractivity contribution in [2.24, 2.45) is 0 Å². The highest BCUT2D eigenvalue weighted by Crippen LogP contribution is 2.17. The number of nitrogens with zero attached hydrogens (tertiary/aromatic N) is 2. The SMILES string of the molecule is CCCOc1ccc(C(=O)CCC(=O)Nc2nnc(CCC)s2)cc1. The normalized spacial score (nSPS) is 10.5. The molecule has 0 fully saturated rings. The number of rotatable bonds is 10. The first-order valence-electron chi connectivity index (χ1n) is 8.50. The van der Waals surface area contributed by atoms with Crippen molar-refractivity contribution in [3.8, 4) is 5.75 Å². The minimum atomic E-state index is -0.226. The first kappa shape index (κ1) is 19.1. The number of amides is 1. The van der Waals surface area contributed by atoms with Gasteiger partial charge in [-0.2, -0.15) is 0 Å². The Hall–Kier alpha value is -2.28. The second kappa shape index (κ2) is 9.88. The number of benzene rings is 1. The summed E-state index contributed by atoms with van der Waals surface area (Å²) in [6.45, 7) is 4.75. The molecule has 1 N–H and O–H groups in total. The summed E-state index contributed by atoms with van der Waals surface area (Å²) in [4.78, 5) is 24.1. The van der Waals surface area contributed by atoms with E-state index in [-0.39, 0.29) is 24.5 Å². The zero-order valence-electron chi connectivity index (χ0n) is 14.6. The number of aryl methyl sites for hydroxylation is 1. The van der Waals surface area contributed by atoms with Gasteiger partial charge < -0.3 is 10.1 Å². The number of ketones is 1. The van der Waals surface area contributed by atoms with Gasteiger partial charge >= 0.3 is 0 Å².